The summed E-state index contributed by atoms with van der Waals surface area (Å²) in [4.78, 5) is 27.1. The Kier molecular flexibility index (Phi) is 7.76. The molecule has 0 unspecified atom stereocenters. The van der Waals surface area contributed by atoms with Crippen LogP contribution in [0.2, 0.25) is 0 Å². The van der Waals surface area contributed by atoms with E-state index in [1.807, 2.05) is 84.9 Å². The van der Waals surface area contributed by atoms with E-state index in [2.05, 4.69) is 10.6 Å². The Hall–Kier alpha value is -4.58. The maximum Gasteiger partial charge on any atom is 0.258 e. The molecule has 6 nitrogen and oxygen atoms in total. The van der Waals surface area contributed by atoms with Gasteiger partial charge in [0, 0.05) is 24.0 Å². The quantitative estimate of drug-likeness (QED) is 0.338. The van der Waals surface area contributed by atoms with Crippen molar-refractivity contribution in [2.75, 3.05) is 29.1 Å². The minimum absolute atomic E-state index is 0.0409. The van der Waals surface area contributed by atoms with Gasteiger partial charge >= 0.3 is 0 Å². The van der Waals surface area contributed by atoms with Gasteiger partial charge in [0.25, 0.3) is 5.91 Å². The highest BCUT2D eigenvalue weighted by atomic mass is 16.5. The molecule has 2 amide bonds. The molecule has 0 atom stereocenters. The zero-order chi connectivity index (χ0) is 24.5. The second-order valence-corrected chi connectivity index (χ2v) is 7.95. The Morgan fingerprint density at radius 1 is 0.800 bits per heavy atom. The zero-order valence-electron chi connectivity index (χ0n) is 19.5. The molecule has 0 radical (unpaired) electrons. The third kappa shape index (κ3) is 6.48. The monoisotopic (exact) mass is 465 g/mol. The molecule has 4 aromatic carbocycles. The number of hydrogen-bond donors (Lipinski definition) is 2. The van der Waals surface area contributed by atoms with Crippen molar-refractivity contribution >= 4 is 28.9 Å². The van der Waals surface area contributed by atoms with E-state index in [-0.39, 0.29) is 18.4 Å². The third-order valence-corrected chi connectivity index (χ3v) is 5.41. The minimum Gasteiger partial charge on any atom is -0.487 e. The fourth-order valence-corrected chi connectivity index (χ4v) is 3.53. The van der Waals surface area contributed by atoms with Crippen molar-refractivity contribution in [2.24, 2.45) is 0 Å². The number of para-hydroxylation sites is 3. The van der Waals surface area contributed by atoms with Gasteiger partial charge in [0.05, 0.1) is 12.2 Å². The number of hydrogen-bond acceptors (Lipinski definition) is 4. The first-order valence-corrected chi connectivity index (χ1v) is 11.3. The molecular formula is C29H27N3O3. The van der Waals surface area contributed by atoms with Crippen LogP contribution >= 0.6 is 0 Å². The number of nitrogens with zero attached hydrogens (tertiary/aromatic N) is 1. The summed E-state index contributed by atoms with van der Waals surface area (Å²) in [5.41, 5.74) is 3.66. The number of nitrogens with one attached hydrogen (secondary N) is 2. The number of carbonyl (C=O) groups excluding carboxylic acids is 2. The number of carbonyl (C=O) groups is 2. The van der Waals surface area contributed by atoms with Crippen molar-refractivity contribution < 1.29 is 14.3 Å². The third-order valence-electron chi connectivity index (χ3n) is 5.41. The SMILES string of the molecule is CN(C(=O)c1cccc(NCC(=O)Nc2ccccc2OCc2ccccc2)c1)c1ccccc1. The smallest absolute Gasteiger partial charge is 0.258 e. The Balaban J connectivity index is 1.34. The van der Waals surface area contributed by atoms with Gasteiger partial charge in [0.2, 0.25) is 5.91 Å². The molecule has 0 aromatic heterocycles. The average molecular weight is 466 g/mol. The van der Waals surface area contributed by atoms with Gasteiger partial charge in [-0.2, -0.15) is 0 Å². The second-order valence-electron chi connectivity index (χ2n) is 7.95. The van der Waals surface area contributed by atoms with Gasteiger partial charge < -0.3 is 20.3 Å². The molecule has 2 N–H and O–H groups in total. The highest BCUT2D eigenvalue weighted by Gasteiger charge is 2.14. The van der Waals surface area contributed by atoms with E-state index in [0.29, 0.717) is 29.3 Å². The Labute approximate surface area is 205 Å². The molecule has 0 spiro atoms. The molecule has 0 fully saturated rings. The van der Waals surface area contributed by atoms with Gasteiger partial charge in [-0.15, -0.1) is 0 Å². The molecule has 4 aromatic rings. The van der Waals surface area contributed by atoms with Gasteiger partial charge in [0.1, 0.15) is 12.4 Å². The number of benzene rings is 4. The van der Waals surface area contributed by atoms with E-state index in [4.69, 9.17) is 4.74 Å². The van der Waals surface area contributed by atoms with E-state index in [9.17, 15) is 9.59 Å². The summed E-state index contributed by atoms with van der Waals surface area (Å²) in [5, 5.41) is 5.98. The predicted molar refractivity (Wildman–Crippen MR) is 140 cm³/mol. The lowest BCUT2D eigenvalue weighted by Gasteiger charge is -2.18. The highest BCUT2D eigenvalue weighted by Crippen LogP contribution is 2.25. The Morgan fingerprint density at radius 2 is 1.49 bits per heavy atom. The fourth-order valence-electron chi connectivity index (χ4n) is 3.53. The van der Waals surface area contributed by atoms with Crippen LogP contribution in [0.5, 0.6) is 5.75 Å². The van der Waals surface area contributed by atoms with Crippen LogP contribution in [0.15, 0.2) is 109 Å². The van der Waals surface area contributed by atoms with Crippen LogP contribution in [0, 0.1) is 0 Å². The average Bonchev–Trinajstić information content (AvgIpc) is 2.92. The molecule has 0 bridgehead atoms. The lowest BCUT2D eigenvalue weighted by molar-refractivity contribution is -0.114. The predicted octanol–water partition coefficient (Wildman–Crippen LogP) is 5.59. The molecule has 35 heavy (non-hydrogen) atoms. The van der Waals surface area contributed by atoms with Gasteiger partial charge in [-0.05, 0) is 48.0 Å². The van der Waals surface area contributed by atoms with Crippen molar-refractivity contribution in [1.29, 1.82) is 0 Å². The van der Waals surface area contributed by atoms with Gasteiger partial charge in [-0.3, -0.25) is 9.59 Å². The van der Waals surface area contributed by atoms with E-state index >= 15 is 0 Å². The first kappa shape index (κ1) is 23.6. The number of rotatable bonds is 9. The second kappa shape index (κ2) is 11.5. The van der Waals surface area contributed by atoms with E-state index in [0.717, 1.165) is 11.3 Å². The standard InChI is InChI=1S/C29H27N3O3/c1-32(25-15-6-3-7-16-25)29(34)23-13-10-14-24(19-23)30-20-28(33)31-26-17-8-9-18-27(26)35-21-22-11-4-2-5-12-22/h2-19,30H,20-21H2,1H3,(H,31,33). The summed E-state index contributed by atoms with van der Waals surface area (Å²) in [6, 6.07) is 33.7. The summed E-state index contributed by atoms with van der Waals surface area (Å²) in [6.07, 6.45) is 0. The highest BCUT2D eigenvalue weighted by molar-refractivity contribution is 6.06. The number of amides is 2. The van der Waals surface area contributed by atoms with Crippen LogP contribution in [-0.2, 0) is 11.4 Å². The van der Waals surface area contributed by atoms with Crippen molar-refractivity contribution in [3.63, 3.8) is 0 Å². The summed E-state index contributed by atoms with van der Waals surface area (Å²) in [5.74, 6) is 0.244. The molecule has 0 aliphatic rings. The normalized spacial score (nSPS) is 10.3. The van der Waals surface area contributed by atoms with Crippen LogP contribution in [0.4, 0.5) is 17.1 Å². The maximum atomic E-state index is 12.9. The molecule has 6 heteroatoms. The van der Waals surface area contributed by atoms with Gasteiger partial charge in [0.15, 0.2) is 0 Å². The Morgan fingerprint density at radius 3 is 2.26 bits per heavy atom. The fraction of sp³-hybridized carbons (Fsp3) is 0.103. The van der Waals surface area contributed by atoms with E-state index in [1.165, 1.54) is 0 Å². The molecule has 0 saturated carbocycles. The lowest BCUT2D eigenvalue weighted by atomic mass is 10.1. The molecular weight excluding hydrogens is 438 g/mol. The molecule has 0 saturated heterocycles. The van der Waals surface area contributed by atoms with Crippen LogP contribution in [-0.4, -0.2) is 25.4 Å². The molecule has 0 aliphatic carbocycles. The van der Waals surface area contributed by atoms with Crippen molar-refractivity contribution in [1.82, 2.24) is 0 Å². The van der Waals surface area contributed by atoms with Gasteiger partial charge in [-0.25, -0.2) is 0 Å². The summed E-state index contributed by atoms with van der Waals surface area (Å²) in [7, 11) is 1.74. The molecule has 176 valence electrons. The van der Waals surface area contributed by atoms with Gasteiger partial charge in [-0.1, -0.05) is 66.7 Å². The molecule has 4 rings (SSSR count). The van der Waals surface area contributed by atoms with E-state index in [1.54, 1.807) is 36.2 Å². The number of anilines is 3. The van der Waals surface area contributed by atoms with Crippen LogP contribution in [0.3, 0.4) is 0 Å². The van der Waals surface area contributed by atoms with Crippen LogP contribution < -0.4 is 20.3 Å². The molecule has 0 aliphatic heterocycles. The van der Waals surface area contributed by atoms with Crippen molar-refractivity contribution in [3.05, 3.63) is 120 Å². The van der Waals surface area contributed by atoms with Crippen LogP contribution in [0.1, 0.15) is 15.9 Å². The largest absolute Gasteiger partial charge is 0.487 e. The lowest BCUT2D eigenvalue weighted by Crippen LogP contribution is -2.26. The molecule has 0 heterocycles. The van der Waals surface area contributed by atoms with Crippen molar-refractivity contribution in [2.45, 2.75) is 6.61 Å². The first-order chi connectivity index (χ1) is 17.1. The topological polar surface area (TPSA) is 70.7 Å². The Bertz CT molecular complexity index is 1280. The zero-order valence-corrected chi connectivity index (χ0v) is 19.5. The van der Waals surface area contributed by atoms with E-state index < -0.39 is 0 Å². The van der Waals surface area contributed by atoms with Crippen LogP contribution in [0.25, 0.3) is 0 Å². The first-order valence-electron chi connectivity index (χ1n) is 11.3. The summed E-state index contributed by atoms with van der Waals surface area (Å²) >= 11 is 0. The summed E-state index contributed by atoms with van der Waals surface area (Å²) in [6.45, 7) is 0.448. The maximum absolute atomic E-state index is 12.9. The number of ether oxygens (including phenoxy) is 1. The minimum atomic E-state index is -0.223. The summed E-state index contributed by atoms with van der Waals surface area (Å²) < 4.78 is 5.91. The van der Waals surface area contributed by atoms with Crippen molar-refractivity contribution in [3.8, 4) is 5.75 Å².